The van der Waals surface area contributed by atoms with Crippen LogP contribution in [-0.2, 0) is 9.59 Å². The SMILES string of the molecule is C[C@@H](C(=O)NC(c1ccccc1)c1ccccc1)N1CCC[C@H](C(N)=O)C1. The molecule has 0 unspecified atom stereocenters. The molecule has 1 saturated heterocycles. The second-order valence-electron chi connectivity index (χ2n) is 7.18. The van der Waals surface area contributed by atoms with Crippen molar-refractivity contribution in [3.63, 3.8) is 0 Å². The summed E-state index contributed by atoms with van der Waals surface area (Å²) in [7, 11) is 0. The van der Waals surface area contributed by atoms with Gasteiger partial charge in [-0.2, -0.15) is 0 Å². The first-order chi connectivity index (χ1) is 13.1. The van der Waals surface area contributed by atoms with E-state index in [4.69, 9.17) is 5.73 Å². The van der Waals surface area contributed by atoms with Crippen LogP contribution in [0, 0.1) is 5.92 Å². The van der Waals surface area contributed by atoms with E-state index >= 15 is 0 Å². The molecular weight excluding hydrogens is 338 g/mol. The van der Waals surface area contributed by atoms with Crippen LogP contribution in [0.2, 0.25) is 0 Å². The summed E-state index contributed by atoms with van der Waals surface area (Å²) in [6, 6.07) is 19.4. The van der Waals surface area contributed by atoms with Crippen molar-refractivity contribution in [3.05, 3.63) is 71.8 Å². The number of nitrogens with one attached hydrogen (secondary N) is 1. The van der Waals surface area contributed by atoms with E-state index in [0.717, 1.165) is 30.5 Å². The Morgan fingerprint density at radius 2 is 1.59 bits per heavy atom. The van der Waals surface area contributed by atoms with Gasteiger partial charge in [-0.3, -0.25) is 14.5 Å². The monoisotopic (exact) mass is 365 g/mol. The molecule has 0 bridgehead atoms. The minimum absolute atomic E-state index is 0.0437. The van der Waals surface area contributed by atoms with Gasteiger partial charge in [-0.15, -0.1) is 0 Å². The molecule has 0 aliphatic carbocycles. The minimum Gasteiger partial charge on any atom is -0.369 e. The second kappa shape index (κ2) is 8.82. The third kappa shape index (κ3) is 4.74. The first-order valence-corrected chi connectivity index (χ1v) is 9.50. The molecular formula is C22H27N3O2. The molecule has 0 aromatic heterocycles. The molecule has 0 saturated carbocycles. The maximum atomic E-state index is 13.0. The fraction of sp³-hybridized carbons (Fsp3) is 0.364. The third-order valence-corrected chi connectivity index (χ3v) is 5.33. The number of rotatable bonds is 6. The Hall–Kier alpha value is -2.66. The van der Waals surface area contributed by atoms with Crippen LogP contribution in [0.25, 0.3) is 0 Å². The average molecular weight is 365 g/mol. The molecule has 0 radical (unpaired) electrons. The van der Waals surface area contributed by atoms with Crippen LogP contribution in [0.5, 0.6) is 0 Å². The van der Waals surface area contributed by atoms with Crippen LogP contribution in [0.3, 0.4) is 0 Å². The van der Waals surface area contributed by atoms with Crippen LogP contribution < -0.4 is 11.1 Å². The van der Waals surface area contributed by atoms with Crippen molar-refractivity contribution in [1.82, 2.24) is 10.2 Å². The number of nitrogens with two attached hydrogens (primary N) is 1. The quantitative estimate of drug-likeness (QED) is 0.826. The van der Waals surface area contributed by atoms with Gasteiger partial charge in [0.2, 0.25) is 11.8 Å². The molecule has 3 rings (SSSR count). The van der Waals surface area contributed by atoms with Crippen LogP contribution in [-0.4, -0.2) is 35.8 Å². The lowest BCUT2D eigenvalue weighted by Gasteiger charge is -2.35. The molecule has 5 nitrogen and oxygen atoms in total. The lowest BCUT2D eigenvalue weighted by atomic mass is 9.95. The Balaban J connectivity index is 1.75. The van der Waals surface area contributed by atoms with Crippen molar-refractivity contribution in [2.24, 2.45) is 11.7 Å². The van der Waals surface area contributed by atoms with Gasteiger partial charge < -0.3 is 11.1 Å². The molecule has 142 valence electrons. The smallest absolute Gasteiger partial charge is 0.237 e. The van der Waals surface area contributed by atoms with Gasteiger partial charge >= 0.3 is 0 Å². The highest BCUT2D eigenvalue weighted by Crippen LogP contribution is 2.23. The van der Waals surface area contributed by atoms with E-state index < -0.39 is 0 Å². The summed E-state index contributed by atoms with van der Waals surface area (Å²) in [4.78, 5) is 26.6. The van der Waals surface area contributed by atoms with Crippen molar-refractivity contribution in [2.45, 2.75) is 31.8 Å². The normalized spacial score (nSPS) is 18.8. The standard InChI is InChI=1S/C22H27N3O2/c1-16(25-14-8-13-19(15-25)21(23)26)22(27)24-20(17-9-4-2-5-10-17)18-11-6-3-7-12-18/h2-7,9-12,16,19-20H,8,13-15H2,1H3,(H2,23,26)(H,24,27)/t16-,19-/m0/s1. The topological polar surface area (TPSA) is 75.4 Å². The Kier molecular flexibility index (Phi) is 6.24. The summed E-state index contributed by atoms with van der Waals surface area (Å²) < 4.78 is 0. The van der Waals surface area contributed by atoms with Gasteiger partial charge in [0.15, 0.2) is 0 Å². The van der Waals surface area contributed by atoms with E-state index in [0.29, 0.717) is 6.54 Å². The Morgan fingerprint density at radius 1 is 1.04 bits per heavy atom. The van der Waals surface area contributed by atoms with Crippen molar-refractivity contribution >= 4 is 11.8 Å². The fourth-order valence-electron chi connectivity index (χ4n) is 3.67. The Morgan fingerprint density at radius 3 is 2.11 bits per heavy atom. The van der Waals surface area contributed by atoms with Gasteiger partial charge in [0, 0.05) is 6.54 Å². The van der Waals surface area contributed by atoms with Gasteiger partial charge in [-0.05, 0) is 37.4 Å². The molecule has 2 aromatic rings. The number of likely N-dealkylation sites (tertiary alicyclic amines) is 1. The number of amides is 2. The number of piperidine rings is 1. The molecule has 2 atom stereocenters. The summed E-state index contributed by atoms with van der Waals surface area (Å²) in [6.45, 7) is 3.25. The summed E-state index contributed by atoms with van der Waals surface area (Å²) in [6.07, 6.45) is 1.68. The fourth-order valence-corrected chi connectivity index (χ4v) is 3.67. The first-order valence-electron chi connectivity index (χ1n) is 9.50. The zero-order valence-electron chi connectivity index (χ0n) is 15.7. The van der Waals surface area contributed by atoms with E-state index in [1.807, 2.05) is 67.6 Å². The van der Waals surface area contributed by atoms with Gasteiger partial charge in [0.1, 0.15) is 0 Å². The third-order valence-electron chi connectivity index (χ3n) is 5.33. The van der Waals surface area contributed by atoms with E-state index in [1.54, 1.807) is 0 Å². The number of nitrogens with zero attached hydrogens (tertiary/aromatic N) is 1. The van der Waals surface area contributed by atoms with Gasteiger partial charge in [0.05, 0.1) is 18.0 Å². The molecule has 1 aliphatic rings. The van der Waals surface area contributed by atoms with Crippen molar-refractivity contribution < 1.29 is 9.59 Å². The van der Waals surface area contributed by atoms with E-state index in [-0.39, 0.29) is 29.8 Å². The molecule has 2 amide bonds. The van der Waals surface area contributed by atoms with E-state index in [1.165, 1.54) is 0 Å². The largest absolute Gasteiger partial charge is 0.369 e. The summed E-state index contributed by atoms with van der Waals surface area (Å²) in [5.41, 5.74) is 7.55. The molecule has 0 spiro atoms. The summed E-state index contributed by atoms with van der Waals surface area (Å²) in [5.74, 6) is -0.496. The lowest BCUT2D eigenvalue weighted by Crippen LogP contribution is -2.51. The van der Waals surface area contributed by atoms with Gasteiger partial charge in [-0.1, -0.05) is 60.7 Å². The van der Waals surface area contributed by atoms with Crippen LogP contribution in [0.15, 0.2) is 60.7 Å². The van der Waals surface area contributed by atoms with Crippen LogP contribution in [0.1, 0.15) is 36.9 Å². The number of carbonyl (C=O) groups is 2. The highest BCUT2D eigenvalue weighted by Gasteiger charge is 2.30. The number of hydrogen-bond donors (Lipinski definition) is 2. The predicted molar refractivity (Wildman–Crippen MR) is 106 cm³/mol. The molecule has 1 aliphatic heterocycles. The zero-order chi connectivity index (χ0) is 19.2. The first kappa shape index (κ1) is 19.1. The molecule has 1 heterocycles. The molecule has 2 aromatic carbocycles. The Bertz CT molecular complexity index is 724. The van der Waals surface area contributed by atoms with Gasteiger partial charge in [0.25, 0.3) is 0 Å². The summed E-state index contributed by atoms with van der Waals surface area (Å²) in [5, 5.41) is 3.19. The van der Waals surface area contributed by atoms with Crippen molar-refractivity contribution in [3.8, 4) is 0 Å². The highest BCUT2D eigenvalue weighted by atomic mass is 16.2. The molecule has 1 fully saturated rings. The average Bonchev–Trinajstić information content (AvgIpc) is 2.72. The Labute approximate surface area is 160 Å². The summed E-state index contributed by atoms with van der Waals surface area (Å²) >= 11 is 0. The molecule has 5 heteroatoms. The van der Waals surface area contributed by atoms with Gasteiger partial charge in [-0.25, -0.2) is 0 Å². The van der Waals surface area contributed by atoms with Crippen LogP contribution >= 0.6 is 0 Å². The number of carbonyl (C=O) groups excluding carboxylic acids is 2. The number of benzene rings is 2. The maximum absolute atomic E-state index is 13.0. The van der Waals surface area contributed by atoms with Crippen molar-refractivity contribution in [2.75, 3.05) is 13.1 Å². The van der Waals surface area contributed by atoms with E-state index in [9.17, 15) is 9.59 Å². The predicted octanol–water partition coefficient (Wildman–Crippen LogP) is 2.48. The molecule has 3 N–H and O–H groups in total. The highest BCUT2D eigenvalue weighted by molar-refractivity contribution is 5.82. The molecule has 27 heavy (non-hydrogen) atoms. The number of hydrogen-bond acceptors (Lipinski definition) is 3. The maximum Gasteiger partial charge on any atom is 0.237 e. The zero-order valence-corrected chi connectivity index (χ0v) is 15.7. The lowest BCUT2D eigenvalue weighted by molar-refractivity contribution is -0.130. The van der Waals surface area contributed by atoms with Crippen LogP contribution in [0.4, 0.5) is 0 Å². The minimum atomic E-state index is -0.318. The second-order valence-corrected chi connectivity index (χ2v) is 7.18. The van der Waals surface area contributed by atoms with Crippen molar-refractivity contribution in [1.29, 1.82) is 0 Å². The number of primary amides is 1. The van der Waals surface area contributed by atoms with E-state index in [2.05, 4.69) is 10.2 Å².